The summed E-state index contributed by atoms with van der Waals surface area (Å²) in [6.45, 7) is 11.2. The third kappa shape index (κ3) is 3.45. The van der Waals surface area contributed by atoms with Gasteiger partial charge in [0.25, 0.3) is 0 Å². The summed E-state index contributed by atoms with van der Waals surface area (Å²) >= 11 is 0. The van der Waals surface area contributed by atoms with Crippen molar-refractivity contribution in [1.29, 1.82) is 0 Å². The summed E-state index contributed by atoms with van der Waals surface area (Å²) in [5, 5.41) is 10.5. The first kappa shape index (κ1) is 18.8. The standard InChI is InChI=1S/C21H34N5/c1-15(2)26(5,16(3)4)13-12-23-21-14-18(22)20-11-7-9-17-8-6-10-19(17)25(20)24-21/h6-7,9-10,15-16H,8,11-14,22H2,1-5H3,(H,23,24)/q+1. The van der Waals surface area contributed by atoms with Crippen molar-refractivity contribution in [3.05, 3.63) is 47.0 Å². The minimum absolute atomic E-state index is 0.592. The summed E-state index contributed by atoms with van der Waals surface area (Å²) in [7, 11) is 2.34. The number of quaternary nitrogens is 1. The zero-order valence-corrected chi connectivity index (χ0v) is 16.9. The molecule has 0 fully saturated rings. The van der Waals surface area contributed by atoms with Crippen molar-refractivity contribution < 1.29 is 4.48 Å². The lowest BCUT2D eigenvalue weighted by Gasteiger charge is -2.42. The predicted molar refractivity (Wildman–Crippen MR) is 109 cm³/mol. The summed E-state index contributed by atoms with van der Waals surface area (Å²) in [5.41, 5.74) is 10.9. The topological polar surface area (TPSA) is 53.7 Å². The van der Waals surface area contributed by atoms with Gasteiger partial charge in [-0.25, -0.2) is 5.01 Å². The number of hydrogen-bond donors (Lipinski definition) is 2. The lowest BCUT2D eigenvalue weighted by molar-refractivity contribution is -0.948. The van der Waals surface area contributed by atoms with Gasteiger partial charge in [-0.1, -0.05) is 18.2 Å². The Bertz CT molecular complexity index is 698. The molecule has 0 saturated carbocycles. The van der Waals surface area contributed by atoms with E-state index >= 15 is 0 Å². The maximum atomic E-state index is 6.42. The monoisotopic (exact) mass is 356 g/mol. The Hall–Kier alpha value is -2.01. The van der Waals surface area contributed by atoms with E-state index in [4.69, 9.17) is 10.8 Å². The van der Waals surface area contributed by atoms with Crippen LogP contribution in [0.25, 0.3) is 0 Å². The van der Waals surface area contributed by atoms with E-state index in [1.54, 1.807) is 0 Å². The van der Waals surface area contributed by atoms with Crippen LogP contribution in [0.15, 0.2) is 52.1 Å². The van der Waals surface area contributed by atoms with E-state index in [2.05, 4.69) is 69.4 Å². The molecule has 0 radical (unpaired) electrons. The predicted octanol–water partition coefficient (Wildman–Crippen LogP) is 3.20. The first-order valence-corrected chi connectivity index (χ1v) is 9.83. The van der Waals surface area contributed by atoms with Crippen molar-refractivity contribution in [3.63, 3.8) is 0 Å². The van der Waals surface area contributed by atoms with E-state index < -0.39 is 0 Å². The molecule has 0 spiro atoms. The quantitative estimate of drug-likeness (QED) is 0.744. The highest BCUT2D eigenvalue weighted by Gasteiger charge is 2.30. The second kappa shape index (κ2) is 7.31. The van der Waals surface area contributed by atoms with Crippen LogP contribution in [-0.2, 0) is 0 Å². The molecule has 3 N–H and O–H groups in total. The number of nitrogens with two attached hydrogens (primary N) is 1. The first-order valence-electron chi connectivity index (χ1n) is 9.83. The second-order valence-electron chi connectivity index (χ2n) is 8.32. The molecule has 0 amide bonds. The Morgan fingerprint density at radius 2 is 1.85 bits per heavy atom. The van der Waals surface area contributed by atoms with Crippen LogP contribution >= 0.6 is 0 Å². The van der Waals surface area contributed by atoms with Crippen molar-refractivity contribution in [1.82, 2.24) is 10.3 Å². The van der Waals surface area contributed by atoms with Gasteiger partial charge in [-0.15, -0.1) is 0 Å². The first-order chi connectivity index (χ1) is 12.3. The van der Waals surface area contributed by atoms with Gasteiger partial charge in [-0.05, 0) is 45.8 Å². The van der Waals surface area contributed by atoms with Gasteiger partial charge in [-0.3, -0.25) is 0 Å². The molecule has 26 heavy (non-hydrogen) atoms. The zero-order valence-electron chi connectivity index (χ0n) is 16.9. The summed E-state index contributed by atoms with van der Waals surface area (Å²) in [6.07, 6.45) is 11.3. The Morgan fingerprint density at radius 3 is 2.54 bits per heavy atom. The van der Waals surface area contributed by atoms with Crippen LogP contribution in [0.1, 0.15) is 47.0 Å². The highest BCUT2D eigenvalue weighted by atomic mass is 15.5. The maximum absolute atomic E-state index is 6.42. The van der Waals surface area contributed by atoms with E-state index in [-0.39, 0.29) is 0 Å². The molecular formula is C21H34N5+. The van der Waals surface area contributed by atoms with Crippen LogP contribution < -0.4 is 11.1 Å². The lowest BCUT2D eigenvalue weighted by Crippen LogP contribution is -2.57. The van der Waals surface area contributed by atoms with Gasteiger partial charge in [0.15, 0.2) is 0 Å². The molecule has 1 aliphatic carbocycles. The van der Waals surface area contributed by atoms with Gasteiger partial charge >= 0.3 is 0 Å². The van der Waals surface area contributed by atoms with Gasteiger partial charge in [0.05, 0.1) is 43.6 Å². The normalized spacial score (nSPS) is 20.0. The molecule has 0 bridgehead atoms. The summed E-state index contributed by atoms with van der Waals surface area (Å²) in [6, 6.07) is 1.18. The van der Waals surface area contributed by atoms with Crippen LogP contribution in [0.3, 0.4) is 0 Å². The molecule has 0 atom stereocenters. The van der Waals surface area contributed by atoms with Crippen molar-refractivity contribution in [3.8, 4) is 0 Å². The van der Waals surface area contributed by atoms with Gasteiger partial charge in [-0.2, -0.15) is 5.10 Å². The number of allylic oxidation sites excluding steroid dienone is 5. The molecule has 3 aliphatic rings. The Kier molecular flexibility index (Phi) is 5.28. The van der Waals surface area contributed by atoms with Crippen molar-refractivity contribution in [2.75, 3.05) is 20.1 Å². The van der Waals surface area contributed by atoms with Crippen LogP contribution in [0.4, 0.5) is 0 Å². The molecule has 0 aromatic carbocycles. The Morgan fingerprint density at radius 1 is 1.15 bits per heavy atom. The summed E-state index contributed by atoms with van der Waals surface area (Å²) in [4.78, 5) is 0. The fourth-order valence-electron chi connectivity index (χ4n) is 3.89. The molecule has 3 rings (SSSR count). The number of hydrogen-bond acceptors (Lipinski definition) is 4. The Labute approximate surface area is 158 Å². The maximum Gasteiger partial charge on any atom is 0.129 e. The van der Waals surface area contributed by atoms with Crippen LogP contribution in [0.5, 0.6) is 0 Å². The van der Waals surface area contributed by atoms with E-state index in [0.29, 0.717) is 18.5 Å². The van der Waals surface area contributed by atoms with Crippen LogP contribution in [0.2, 0.25) is 0 Å². The highest BCUT2D eigenvalue weighted by molar-refractivity contribution is 5.85. The van der Waals surface area contributed by atoms with Crippen molar-refractivity contribution in [2.24, 2.45) is 10.8 Å². The summed E-state index contributed by atoms with van der Waals surface area (Å²) < 4.78 is 1.04. The second-order valence-corrected chi connectivity index (χ2v) is 8.32. The fraction of sp³-hybridized carbons (Fsp3) is 0.571. The molecular weight excluding hydrogens is 322 g/mol. The van der Waals surface area contributed by atoms with Crippen LogP contribution in [0, 0.1) is 0 Å². The summed E-state index contributed by atoms with van der Waals surface area (Å²) in [5.74, 6) is 0.972. The molecule has 2 aliphatic heterocycles. The van der Waals surface area contributed by atoms with E-state index in [9.17, 15) is 0 Å². The van der Waals surface area contributed by atoms with Gasteiger partial charge in [0.1, 0.15) is 5.84 Å². The van der Waals surface area contributed by atoms with Gasteiger partial charge < -0.3 is 15.5 Å². The van der Waals surface area contributed by atoms with E-state index in [0.717, 1.165) is 47.6 Å². The Balaban J connectivity index is 1.72. The zero-order chi connectivity index (χ0) is 18.9. The van der Waals surface area contributed by atoms with Gasteiger partial charge in [0, 0.05) is 18.5 Å². The highest BCUT2D eigenvalue weighted by Crippen LogP contribution is 2.34. The SMILES string of the molecule is CC(C)[N+](C)(CCNC1=NN2C3=C(C=CCC2=C(N)C1)CC=C3)C(C)C. The largest absolute Gasteiger partial charge is 0.400 e. The molecule has 2 heterocycles. The molecule has 5 nitrogen and oxygen atoms in total. The number of hydrazone groups is 1. The fourth-order valence-corrected chi connectivity index (χ4v) is 3.89. The number of rotatable bonds is 5. The number of amidine groups is 1. The number of likely N-dealkylation sites (N-methyl/N-ethyl adjacent to an activating group) is 1. The minimum Gasteiger partial charge on any atom is -0.400 e. The molecule has 0 aromatic rings. The lowest BCUT2D eigenvalue weighted by atomic mass is 10.1. The van der Waals surface area contributed by atoms with Crippen molar-refractivity contribution in [2.45, 2.75) is 59.0 Å². The number of nitrogens with one attached hydrogen (secondary N) is 1. The smallest absolute Gasteiger partial charge is 0.129 e. The van der Waals surface area contributed by atoms with Gasteiger partial charge in [0.2, 0.25) is 0 Å². The third-order valence-corrected chi connectivity index (χ3v) is 6.29. The number of nitrogens with zero attached hydrogens (tertiary/aromatic N) is 3. The minimum atomic E-state index is 0.592. The van der Waals surface area contributed by atoms with E-state index in [1.165, 1.54) is 11.3 Å². The molecule has 5 heteroatoms. The third-order valence-electron chi connectivity index (χ3n) is 6.29. The van der Waals surface area contributed by atoms with Crippen molar-refractivity contribution >= 4 is 5.84 Å². The average Bonchev–Trinajstić information content (AvgIpc) is 2.97. The molecule has 0 aromatic heterocycles. The average molecular weight is 357 g/mol. The van der Waals surface area contributed by atoms with E-state index in [1.807, 2.05) is 0 Å². The molecule has 142 valence electrons. The van der Waals surface area contributed by atoms with Crippen LogP contribution in [-0.4, -0.2) is 47.5 Å². The number of fused-ring (bicyclic) bond motifs is 2. The molecule has 0 saturated heterocycles. The molecule has 0 unspecified atom stereocenters.